The Morgan fingerprint density at radius 2 is 1.77 bits per heavy atom. The summed E-state index contributed by atoms with van der Waals surface area (Å²) in [4.78, 5) is 27.7. The Bertz CT molecular complexity index is 912. The Labute approximate surface area is 180 Å². The normalized spacial score (nSPS) is 13.5. The molecule has 0 atom stereocenters. The first-order chi connectivity index (χ1) is 14.5. The summed E-state index contributed by atoms with van der Waals surface area (Å²) in [6.45, 7) is 5.54. The number of ether oxygens (including phenoxy) is 2. The highest BCUT2D eigenvalue weighted by Gasteiger charge is 2.23. The van der Waals surface area contributed by atoms with Crippen molar-refractivity contribution in [2.75, 3.05) is 45.2 Å². The molecule has 0 aliphatic carbocycles. The zero-order chi connectivity index (χ0) is 21.5. The second-order valence-electron chi connectivity index (χ2n) is 6.66. The summed E-state index contributed by atoms with van der Waals surface area (Å²) < 4.78 is 11.2. The number of hydrogen-bond donors (Lipinski definition) is 1. The van der Waals surface area contributed by atoms with Gasteiger partial charge in [0, 0.05) is 38.3 Å². The van der Waals surface area contributed by atoms with Crippen LogP contribution in [-0.2, 0) is 9.59 Å². The van der Waals surface area contributed by atoms with Crippen LogP contribution in [0.25, 0.3) is 0 Å². The zero-order valence-electron chi connectivity index (χ0n) is 16.8. The van der Waals surface area contributed by atoms with E-state index in [1.54, 1.807) is 21.9 Å². The standard InChI is InChI=1S/C22H24ClN3O4/c1-3-21(27)25-9-11-26(12-10-25)22(28)15-24-18-14-19(17(23)13-20(18)29-2)30-16-7-5-4-6-8-16/h3-8,13-14,24H,1,9-12,15H2,2H3. The molecule has 1 heterocycles. The topological polar surface area (TPSA) is 71.1 Å². The van der Waals surface area contributed by atoms with Gasteiger partial charge >= 0.3 is 0 Å². The van der Waals surface area contributed by atoms with Crippen molar-refractivity contribution in [3.63, 3.8) is 0 Å². The van der Waals surface area contributed by atoms with Crippen molar-refractivity contribution in [1.29, 1.82) is 0 Å². The average molecular weight is 430 g/mol. The number of nitrogens with zero attached hydrogens (tertiary/aromatic N) is 2. The maximum atomic E-state index is 12.6. The molecule has 7 nitrogen and oxygen atoms in total. The predicted octanol–water partition coefficient (Wildman–Crippen LogP) is 3.41. The van der Waals surface area contributed by atoms with Gasteiger partial charge in [0.1, 0.15) is 17.2 Å². The third kappa shape index (κ3) is 5.24. The van der Waals surface area contributed by atoms with E-state index in [-0.39, 0.29) is 18.4 Å². The SMILES string of the molecule is C=CC(=O)N1CCN(C(=O)CNc2cc(Oc3ccccc3)c(Cl)cc2OC)CC1. The van der Waals surface area contributed by atoms with Crippen LogP contribution in [0.2, 0.25) is 5.02 Å². The van der Waals surface area contributed by atoms with Crippen molar-refractivity contribution in [3.05, 3.63) is 60.1 Å². The summed E-state index contributed by atoms with van der Waals surface area (Å²) in [5.74, 6) is 1.43. The number of halogens is 1. The first-order valence-corrected chi connectivity index (χ1v) is 9.93. The molecule has 30 heavy (non-hydrogen) atoms. The minimum atomic E-state index is -0.114. The second-order valence-corrected chi connectivity index (χ2v) is 7.07. The summed E-state index contributed by atoms with van der Waals surface area (Å²) >= 11 is 6.32. The quantitative estimate of drug-likeness (QED) is 0.683. The Hall–Kier alpha value is -3.19. The van der Waals surface area contributed by atoms with E-state index in [9.17, 15) is 9.59 Å². The fourth-order valence-corrected chi connectivity index (χ4v) is 3.32. The maximum Gasteiger partial charge on any atom is 0.246 e. The highest BCUT2D eigenvalue weighted by atomic mass is 35.5. The van der Waals surface area contributed by atoms with Crippen LogP contribution in [0, 0.1) is 0 Å². The molecule has 2 aromatic rings. The number of nitrogens with one attached hydrogen (secondary N) is 1. The van der Waals surface area contributed by atoms with Crippen molar-refractivity contribution < 1.29 is 19.1 Å². The third-order valence-electron chi connectivity index (χ3n) is 4.77. The molecule has 3 rings (SSSR count). The van der Waals surface area contributed by atoms with Crippen LogP contribution in [0.5, 0.6) is 17.2 Å². The van der Waals surface area contributed by atoms with Crippen LogP contribution >= 0.6 is 11.6 Å². The molecule has 0 aromatic heterocycles. The molecule has 0 radical (unpaired) electrons. The molecule has 1 N–H and O–H groups in total. The molecule has 0 spiro atoms. The fraction of sp³-hybridized carbons (Fsp3) is 0.273. The molecule has 0 bridgehead atoms. The molecular formula is C22H24ClN3O4. The van der Waals surface area contributed by atoms with Crippen molar-refractivity contribution in [2.24, 2.45) is 0 Å². The van der Waals surface area contributed by atoms with Gasteiger partial charge in [-0.25, -0.2) is 0 Å². The summed E-state index contributed by atoms with van der Waals surface area (Å²) in [5, 5.41) is 3.51. The Balaban J connectivity index is 1.64. The molecule has 2 amide bonds. The van der Waals surface area contributed by atoms with Crippen LogP contribution in [0.15, 0.2) is 55.1 Å². The lowest BCUT2D eigenvalue weighted by Gasteiger charge is -2.34. The predicted molar refractivity (Wildman–Crippen MR) is 116 cm³/mol. The molecule has 2 aromatic carbocycles. The van der Waals surface area contributed by atoms with E-state index in [1.165, 1.54) is 13.2 Å². The van der Waals surface area contributed by atoms with Gasteiger partial charge in [-0.1, -0.05) is 36.4 Å². The molecule has 1 saturated heterocycles. The van der Waals surface area contributed by atoms with Crippen LogP contribution in [0.3, 0.4) is 0 Å². The van der Waals surface area contributed by atoms with Crippen LogP contribution in [-0.4, -0.2) is 61.4 Å². The number of piperazine rings is 1. The van der Waals surface area contributed by atoms with Crippen molar-refractivity contribution >= 4 is 29.1 Å². The summed E-state index contributed by atoms with van der Waals surface area (Å²) in [7, 11) is 1.53. The number of amides is 2. The number of rotatable bonds is 7. The number of carbonyl (C=O) groups excluding carboxylic acids is 2. The fourth-order valence-electron chi connectivity index (χ4n) is 3.12. The van der Waals surface area contributed by atoms with Crippen LogP contribution in [0.1, 0.15) is 0 Å². The smallest absolute Gasteiger partial charge is 0.246 e. The van der Waals surface area contributed by atoms with Gasteiger partial charge < -0.3 is 24.6 Å². The van der Waals surface area contributed by atoms with E-state index in [1.807, 2.05) is 30.3 Å². The third-order valence-corrected chi connectivity index (χ3v) is 5.07. The first-order valence-electron chi connectivity index (χ1n) is 9.55. The summed E-state index contributed by atoms with van der Waals surface area (Å²) in [5.41, 5.74) is 0.599. The van der Waals surface area contributed by atoms with E-state index in [0.717, 1.165) is 0 Å². The first kappa shape index (κ1) is 21.5. The minimum absolute atomic E-state index is 0.0665. The number of benzene rings is 2. The number of carbonyl (C=O) groups is 2. The highest BCUT2D eigenvalue weighted by molar-refractivity contribution is 6.32. The van der Waals surface area contributed by atoms with Gasteiger partial charge in [-0.15, -0.1) is 0 Å². The number of anilines is 1. The lowest BCUT2D eigenvalue weighted by atomic mass is 10.2. The monoisotopic (exact) mass is 429 g/mol. The van der Waals surface area contributed by atoms with Crippen molar-refractivity contribution in [2.45, 2.75) is 0 Å². The van der Waals surface area contributed by atoms with Crippen LogP contribution in [0.4, 0.5) is 5.69 Å². The summed E-state index contributed by atoms with van der Waals surface area (Å²) in [6, 6.07) is 12.6. The largest absolute Gasteiger partial charge is 0.495 e. The van der Waals surface area contributed by atoms with Crippen LogP contribution < -0.4 is 14.8 Å². The Kier molecular flexibility index (Phi) is 7.19. The van der Waals surface area contributed by atoms with Crippen molar-refractivity contribution in [1.82, 2.24) is 9.80 Å². The Morgan fingerprint density at radius 1 is 1.10 bits per heavy atom. The van der Waals surface area contributed by atoms with Gasteiger partial charge in [0.2, 0.25) is 11.8 Å². The summed E-state index contributed by atoms with van der Waals surface area (Å²) in [6.07, 6.45) is 1.29. The average Bonchev–Trinajstić information content (AvgIpc) is 2.79. The second kappa shape index (κ2) is 10.0. The number of methoxy groups -OCH3 is 1. The van der Waals surface area contributed by atoms with Gasteiger partial charge in [-0.2, -0.15) is 0 Å². The van der Waals surface area contributed by atoms with E-state index >= 15 is 0 Å². The lowest BCUT2D eigenvalue weighted by molar-refractivity contribution is -0.135. The Morgan fingerprint density at radius 3 is 2.40 bits per heavy atom. The zero-order valence-corrected chi connectivity index (χ0v) is 17.5. The molecule has 0 saturated carbocycles. The number of para-hydroxylation sites is 1. The maximum absolute atomic E-state index is 12.6. The van der Waals surface area contributed by atoms with Gasteiger partial charge in [-0.05, 0) is 18.2 Å². The molecule has 1 fully saturated rings. The molecular weight excluding hydrogens is 406 g/mol. The van der Waals surface area contributed by atoms with Crippen molar-refractivity contribution in [3.8, 4) is 17.2 Å². The number of hydrogen-bond acceptors (Lipinski definition) is 5. The molecule has 8 heteroatoms. The van der Waals surface area contributed by atoms with E-state index in [2.05, 4.69) is 11.9 Å². The van der Waals surface area contributed by atoms with E-state index in [4.69, 9.17) is 21.1 Å². The van der Waals surface area contributed by atoms with E-state index in [0.29, 0.717) is 54.1 Å². The van der Waals surface area contributed by atoms with Gasteiger partial charge in [0.25, 0.3) is 0 Å². The molecule has 158 valence electrons. The van der Waals surface area contributed by atoms with E-state index < -0.39 is 0 Å². The molecule has 0 unspecified atom stereocenters. The van der Waals surface area contributed by atoms with Gasteiger partial charge in [0.05, 0.1) is 24.4 Å². The van der Waals surface area contributed by atoms with Gasteiger partial charge in [0.15, 0.2) is 0 Å². The highest BCUT2D eigenvalue weighted by Crippen LogP contribution is 2.38. The minimum Gasteiger partial charge on any atom is -0.495 e. The van der Waals surface area contributed by atoms with Gasteiger partial charge in [-0.3, -0.25) is 9.59 Å². The lowest BCUT2D eigenvalue weighted by Crippen LogP contribution is -2.51. The molecule has 1 aliphatic heterocycles. The molecule has 1 aliphatic rings.